The molecule has 0 spiro atoms. The zero-order valence-corrected chi connectivity index (χ0v) is 15.4. The Hall–Kier alpha value is -2.90. The summed E-state index contributed by atoms with van der Waals surface area (Å²) in [5, 5.41) is 15.4. The SMILES string of the molecule is O=[N+]([O-])c1c(Nc2cccc(Cl)c2Cl)ncnc1N1CCc2ccccc21. The molecule has 1 N–H and O–H groups in total. The second-order valence-electron chi connectivity index (χ2n) is 5.91. The summed E-state index contributed by atoms with van der Waals surface area (Å²) in [7, 11) is 0. The van der Waals surface area contributed by atoms with E-state index in [0.717, 1.165) is 17.7 Å². The molecule has 2 heterocycles. The monoisotopic (exact) mass is 401 g/mol. The van der Waals surface area contributed by atoms with Gasteiger partial charge >= 0.3 is 5.69 Å². The average molecular weight is 402 g/mol. The summed E-state index contributed by atoms with van der Waals surface area (Å²) in [5.41, 5.74) is 2.24. The van der Waals surface area contributed by atoms with Crippen LogP contribution in [0, 0.1) is 10.1 Å². The third-order valence-electron chi connectivity index (χ3n) is 4.33. The molecule has 0 saturated carbocycles. The van der Waals surface area contributed by atoms with Crippen LogP contribution in [0.4, 0.5) is 28.7 Å². The molecule has 0 fully saturated rings. The predicted molar refractivity (Wildman–Crippen MR) is 106 cm³/mol. The molecule has 0 atom stereocenters. The van der Waals surface area contributed by atoms with E-state index in [0.29, 0.717) is 17.3 Å². The second kappa shape index (κ2) is 7.02. The van der Waals surface area contributed by atoms with Crippen molar-refractivity contribution in [2.24, 2.45) is 0 Å². The highest BCUT2D eigenvalue weighted by Crippen LogP contribution is 2.41. The van der Waals surface area contributed by atoms with Gasteiger partial charge in [0.2, 0.25) is 11.6 Å². The van der Waals surface area contributed by atoms with Crippen molar-refractivity contribution in [3.63, 3.8) is 0 Å². The zero-order valence-electron chi connectivity index (χ0n) is 13.9. The van der Waals surface area contributed by atoms with Gasteiger partial charge in [-0.15, -0.1) is 0 Å². The molecule has 9 heteroatoms. The first kappa shape index (κ1) is 17.5. The summed E-state index contributed by atoms with van der Waals surface area (Å²) in [4.78, 5) is 21.5. The highest BCUT2D eigenvalue weighted by molar-refractivity contribution is 6.43. The number of aromatic nitrogens is 2. The number of para-hydroxylation sites is 1. The molecule has 1 aliphatic heterocycles. The first-order chi connectivity index (χ1) is 13.1. The predicted octanol–water partition coefficient (Wildman–Crippen LogP) is 5.13. The van der Waals surface area contributed by atoms with Crippen molar-refractivity contribution in [1.29, 1.82) is 0 Å². The quantitative estimate of drug-likeness (QED) is 0.481. The van der Waals surface area contributed by atoms with E-state index in [1.165, 1.54) is 6.33 Å². The highest BCUT2D eigenvalue weighted by Gasteiger charge is 2.31. The maximum absolute atomic E-state index is 11.9. The number of rotatable bonds is 4. The molecule has 0 bridgehead atoms. The Morgan fingerprint density at radius 2 is 1.93 bits per heavy atom. The highest BCUT2D eigenvalue weighted by atomic mass is 35.5. The fourth-order valence-corrected chi connectivity index (χ4v) is 3.46. The minimum atomic E-state index is -0.489. The van der Waals surface area contributed by atoms with Gasteiger partial charge in [-0.2, -0.15) is 0 Å². The lowest BCUT2D eigenvalue weighted by molar-refractivity contribution is -0.383. The number of benzene rings is 2. The number of nitro groups is 1. The van der Waals surface area contributed by atoms with E-state index in [-0.39, 0.29) is 22.3 Å². The van der Waals surface area contributed by atoms with E-state index in [1.807, 2.05) is 29.2 Å². The molecule has 1 aromatic heterocycles. The molecule has 7 nitrogen and oxygen atoms in total. The second-order valence-corrected chi connectivity index (χ2v) is 6.69. The Bertz CT molecular complexity index is 1040. The van der Waals surface area contributed by atoms with Crippen molar-refractivity contribution in [1.82, 2.24) is 9.97 Å². The van der Waals surface area contributed by atoms with Gasteiger partial charge < -0.3 is 10.2 Å². The van der Waals surface area contributed by atoms with Gasteiger partial charge in [0.1, 0.15) is 6.33 Å². The molecule has 136 valence electrons. The molecule has 27 heavy (non-hydrogen) atoms. The topological polar surface area (TPSA) is 84.2 Å². The van der Waals surface area contributed by atoms with Crippen LogP contribution in [0.1, 0.15) is 5.56 Å². The largest absolute Gasteiger partial charge is 0.354 e. The first-order valence-corrected chi connectivity index (χ1v) is 8.87. The Morgan fingerprint density at radius 3 is 2.74 bits per heavy atom. The average Bonchev–Trinajstić information content (AvgIpc) is 3.09. The number of fused-ring (bicyclic) bond motifs is 1. The zero-order chi connectivity index (χ0) is 19.0. The number of halogens is 2. The van der Waals surface area contributed by atoms with E-state index in [1.54, 1.807) is 18.2 Å². The fraction of sp³-hybridized carbons (Fsp3) is 0.111. The van der Waals surface area contributed by atoms with Crippen LogP contribution in [0.3, 0.4) is 0 Å². The van der Waals surface area contributed by atoms with Gasteiger partial charge in [0.15, 0.2) is 0 Å². The van der Waals surface area contributed by atoms with Gasteiger partial charge in [-0.3, -0.25) is 10.1 Å². The summed E-state index contributed by atoms with van der Waals surface area (Å²) in [6.07, 6.45) is 2.09. The van der Waals surface area contributed by atoms with E-state index in [2.05, 4.69) is 15.3 Å². The number of nitrogens with one attached hydrogen (secondary N) is 1. The van der Waals surface area contributed by atoms with Gasteiger partial charge in [-0.05, 0) is 30.2 Å². The lowest BCUT2D eigenvalue weighted by Crippen LogP contribution is -2.17. The van der Waals surface area contributed by atoms with Crippen molar-refractivity contribution < 1.29 is 4.92 Å². The first-order valence-electron chi connectivity index (χ1n) is 8.12. The van der Waals surface area contributed by atoms with Crippen LogP contribution >= 0.6 is 23.2 Å². The van der Waals surface area contributed by atoms with Crippen molar-refractivity contribution in [2.75, 3.05) is 16.8 Å². The molecule has 4 rings (SSSR count). The number of hydrogen-bond acceptors (Lipinski definition) is 6. The van der Waals surface area contributed by atoms with Crippen LogP contribution in [-0.2, 0) is 6.42 Å². The summed E-state index contributed by atoms with van der Waals surface area (Å²) >= 11 is 12.2. The summed E-state index contributed by atoms with van der Waals surface area (Å²) in [6, 6.07) is 12.8. The van der Waals surface area contributed by atoms with Crippen molar-refractivity contribution in [3.8, 4) is 0 Å². The molecule has 0 saturated heterocycles. The Balaban J connectivity index is 1.80. The van der Waals surface area contributed by atoms with Gasteiger partial charge in [0.25, 0.3) is 0 Å². The van der Waals surface area contributed by atoms with E-state index < -0.39 is 4.92 Å². The van der Waals surface area contributed by atoms with Crippen LogP contribution in [0.2, 0.25) is 10.0 Å². The maximum atomic E-state index is 11.9. The summed E-state index contributed by atoms with van der Waals surface area (Å²) in [5.74, 6) is 0.291. The smallest absolute Gasteiger partial charge is 0.333 e. The van der Waals surface area contributed by atoms with E-state index in [9.17, 15) is 10.1 Å². The van der Waals surface area contributed by atoms with Crippen molar-refractivity contribution >= 4 is 51.9 Å². The molecule has 0 amide bonds. The molecular formula is C18H13Cl2N5O2. The Labute approximate surface area is 164 Å². The maximum Gasteiger partial charge on any atom is 0.354 e. The van der Waals surface area contributed by atoms with Crippen molar-refractivity contribution in [3.05, 3.63) is 74.5 Å². The molecular weight excluding hydrogens is 389 g/mol. The third kappa shape index (κ3) is 3.15. The van der Waals surface area contributed by atoms with E-state index in [4.69, 9.17) is 23.2 Å². The van der Waals surface area contributed by atoms with Gasteiger partial charge in [-0.1, -0.05) is 47.5 Å². The molecule has 0 unspecified atom stereocenters. The third-order valence-corrected chi connectivity index (χ3v) is 5.15. The summed E-state index contributed by atoms with van der Waals surface area (Å²) in [6.45, 7) is 0.606. The fourth-order valence-electron chi connectivity index (χ4n) is 3.11. The normalized spacial score (nSPS) is 12.7. The number of anilines is 4. The van der Waals surface area contributed by atoms with Gasteiger partial charge in [0, 0.05) is 12.2 Å². The van der Waals surface area contributed by atoms with Crippen LogP contribution in [0.15, 0.2) is 48.8 Å². The molecule has 1 aliphatic rings. The Kier molecular flexibility index (Phi) is 4.55. The lowest BCUT2D eigenvalue weighted by atomic mass is 10.2. The Morgan fingerprint density at radius 1 is 1.11 bits per heavy atom. The van der Waals surface area contributed by atoms with Gasteiger partial charge in [-0.25, -0.2) is 9.97 Å². The number of hydrogen-bond donors (Lipinski definition) is 1. The lowest BCUT2D eigenvalue weighted by Gasteiger charge is -2.19. The van der Waals surface area contributed by atoms with Crippen LogP contribution in [0.25, 0.3) is 0 Å². The van der Waals surface area contributed by atoms with Crippen LogP contribution in [0.5, 0.6) is 0 Å². The molecule has 0 radical (unpaired) electrons. The van der Waals surface area contributed by atoms with Crippen molar-refractivity contribution in [2.45, 2.75) is 6.42 Å². The van der Waals surface area contributed by atoms with Gasteiger partial charge in [0.05, 0.1) is 20.7 Å². The van der Waals surface area contributed by atoms with Crippen LogP contribution < -0.4 is 10.2 Å². The molecule has 2 aromatic carbocycles. The minimum Gasteiger partial charge on any atom is -0.333 e. The summed E-state index contributed by atoms with van der Waals surface area (Å²) < 4.78 is 0. The van der Waals surface area contributed by atoms with Crippen LogP contribution in [-0.4, -0.2) is 21.4 Å². The van der Waals surface area contributed by atoms with E-state index >= 15 is 0 Å². The minimum absolute atomic E-state index is 0.0542. The number of nitrogens with zero attached hydrogens (tertiary/aromatic N) is 4. The standard InChI is InChI=1S/C18H13Cl2N5O2/c19-12-5-3-6-13(15(12)20)23-17-16(25(26)27)18(22-10-21-17)24-9-8-11-4-1-2-7-14(11)24/h1-7,10H,8-9H2,(H,21,22,23). The molecule has 3 aromatic rings. The molecule has 0 aliphatic carbocycles.